The number of likely N-dealkylation sites (tertiary alicyclic amines) is 1. The van der Waals surface area contributed by atoms with Crippen LogP contribution in [-0.2, 0) is 4.79 Å². The molecule has 1 N–H and O–H groups in total. The molecule has 2 unspecified atom stereocenters. The normalized spacial score (nSPS) is 21.3. The highest BCUT2D eigenvalue weighted by molar-refractivity contribution is 5.99. The smallest absolute Gasteiger partial charge is 0.308 e. The molecule has 1 aliphatic heterocycles. The van der Waals surface area contributed by atoms with Gasteiger partial charge in [-0.05, 0) is 18.9 Å². The van der Waals surface area contributed by atoms with Gasteiger partial charge in [0.25, 0.3) is 11.6 Å². The van der Waals surface area contributed by atoms with Gasteiger partial charge in [-0.15, -0.1) is 0 Å². The number of rotatable bonds is 3. The first-order valence-electron chi connectivity index (χ1n) is 6.59. The number of nitrogens with zero attached hydrogens (tertiary/aromatic N) is 2. The van der Waals surface area contributed by atoms with Crippen LogP contribution >= 0.6 is 0 Å². The van der Waals surface area contributed by atoms with E-state index in [4.69, 9.17) is 5.11 Å². The number of hydrogen-bond acceptors (Lipinski definition) is 4. The molecule has 1 aromatic carbocycles. The second-order valence-corrected chi connectivity index (χ2v) is 5.36. The van der Waals surface area contributed by atoms with Crippen molar-refractivity contribution in [1.29, 1.82) is 0 Å². The number of carbonyl (C=O) groups excluding carboxylic acids is 1. The molecule has 0 bridgehead atoms. The summed E-state index contributed by atoms with van der Waals surface area (Å²) in [6.45, 7) is 3.71. The van der Waals surface area contributed by atoms with Gasteiger partial charge in [-0.25, -0.2) is 0 Å². The zero-order valence-corrected chi connectivity index (χ0v) is 11.8. The van der Waals surface area contributed by atoms with Gasteiger partial charge in [0, 0.05) is 18.7 Å². The highest BCUT2D eigenvalue weighted by Crippen LogP contribution is 2.29. The molecular weight excluding hydrogens is 276 g/mol. The number of aliphatic carboxylic acids is 1. The number of carboxylic acids is 1. The van der Waals surface area contributed by atoms with E-state index in [1.165, 1.54) is 11.0 Å². The second-order valence-electron chi connectivity index (χ2n) is 5.36. The highest BCUT2D eigenvalue weighted by atomic mass is 16.6. The van der Waals surface area contributed by atoms with E-state index in [0.717, 1.165) is 0 Å². The van der Waals surface area contributed by atoms with Gasteiger partial charge in [0.2, 0.25) is 0 Å². The Morgan fingerprint density at radius 3 is 2.57 bits per heavy atom. The molecule has 1 heterocycles. The van der Waals surface area contributed by atoms with E-state index >= 15 is 0 Å². The fourth-order valence-electron chi connectivity index (χ4n) is 2.70. The number of carbonyl (C=O) groups is 2. The molecule has 2 atom stereocenters. The molecule has 7 heteroatoms. The Morgan fingerprint density at radius 2 is 2.05 bits per heavy atom. The monoisotopic (exact) mass is 292 g/mol. The molecule has 0 radical (unpaired) electrons. The minimum absolute atomic E-state index is 0.0123. The number of benzene rings is 1. The molecule has 112 valence electrons. The summed E-state index contributed by atoms with van der Waals surface area (Å²) in [5, 5.41) is 20.2. The summed E-state index contributed by atoms with van der Waals surface area (Å²) < 4.78 is 0. The predicted octanol–water partition coefficient (Wildman–Crippen LogP) is 1.70. The van der Waals surface area contributed by atoms with Crippen LogP contribution in [-0.4, -0.2) is 39.9 Å². The maximum Gasteiger partial charge on any atom is 0.308 e. The average Bonchev–Trinajstić information content (AvgIpc) is 2.79. The number of carboxylic acid groups (broad SMARTS) is 1. The molecular formula is C14H16N2O5. The van der Waals surface area contributed by atoms with Crippen LogP contribution < -0.4 is 0 Å². The lowest BCUT2D eigenvalue weighted by atomic mass is 9.99. The maximum absolute atomic E-state index is 12.5. The highest BCUT2D eigenvalue weighted by Gasteiger charge is 2.38. The minimum atomic E-state index is -0.948. The standard InChI is InChI=1S/C14H16N2O5/c1-8-4-3-5-10(12(8)16(20)21)13(17)15-6-9(2)11(7-15)14(18)19/h3-5,9,11H,6-7H2,1-2H3,(H,18,19). The van der Waals surface area contributed by atoms with Crippen molar-refractivity contribution in [3.05, 3.63) is 39.4 Å². The molecule has 1 aliphatic rings. The van der Waals surface area contributed by atoms with Crippen LogP contribution in [0.1, 0.15) is 22.8 Å². The quantitative estimate of drug-likeness (QED) is 0.675. The molecule has 1 fully saturated rings. The van der Waals surface area contributed by atoms with E-state index < -0.39 is 22.7 Å². The van der Waals surface area contributed by atoms with Gasteiger partial charge in [0.15, 0.2) is 0 Å². The topological polar surface area (TPSA) is 101 Å². The van der Waals surface area contributed by atoms with E-state index in [9.17, 15) is 19.7 Å². The average molecular weight is 292 g/mol. The summed E-state index contributed by atoms with van der Waals surface area (Å²) in [4.78, 5) is 35.5. The first-order valence-corrected chi connectivity index (χ1v) is 6.59. The molecule has 0 spiro atoms. The third-order valence-electron chi connectivity index (χ3n) is 3.87. The van der Waals surface area contributed by atoms with Crippen LogP contribution in [0, 0.1) is 28.9 Å². The lowest BCUT2D eigenvalue weighted by Crippen LogP contribution is -2.30. The summed E-state index contributed by atoms with van der Waals surface area (Å²) in [7, 11) is 0. The van der Waals surface area contributed by atoms with Crippen molar-refractivity contribution in [3.8, 4) is 0 Å². The second kappa shape index (κ2) is 5.51. The Kier molecular flexibility index (Phi) is 3.93. The number of hydrogen-bond donors (Lipinski definition) is 1. The first-order chi connectivity index (χ1) is 9.82. The SMILES string of the molecule is Cc1cccc(C(=O)N2CC(C)C(C(=O)O)C2)c1[N+](=O)[O-]. The molecule has 1 aromatic rings. The molecule has 2 rings (SSSR count). The van der Waals surface area contributed by atoms with Crippen LogP contribution in [0.15, 0.2) is 18.2 Å². The summed E-state index contributed by atoms with van der Waals surface area (Å²) >= 11 is 0. The van der Waals surface area contributed by atoms with Gasteiger partial charge in [-0.1, -0.05) is 19.1 Å². The van der Waals surface area contributed by atoms with Gasteiger partial charge in [-0.3, -0.25) is 19.7 Å². The van der Waals surface area contributed by atoms with Crippen molar-refractivity contribution in [2.24, 2.45) is 11.8 Å². The number of para-hydroxylation sites is 1. The number of amides is 1. The van der Waals surface area contributed by atoms with Gasteiger partial charge in [0.05, 0.1) is 10.8 Å². The Labute approximate surface area is 121 Å². The first kappa shape index (κ1) is 15.0. The molecule has 0 saturated carbocycles. The number of nitro groups is 1. The van der Waals surface area contributed by atoms with Gasteiger partial charge >= 0.3 is 5.97 Å². The van der Waals surface area contributed by atoms with Crippen molar-refractivity contribution in [3.63, 3.8) is 0 Å². The molecule has 1 saturated heterocycles. The minimum Gasteiger partial charge on any atom is -0.481 e. The Bertz CT molecular complexity index is 613. The van der Waals surface area contributed by atoms with E-state index in [1.54, 1.807) is 26.0 Å². The summed E-state index contributed by atoms with van der Waals surface area (Å²) in [5.74, 6) is -2.23. The zero-order valence-electron chi connectivity index (χ0n) is 11.8. The lowest BCUT2D eigenvalue weighted by molar-refractivity contribution is -0.385. The van der Waals surface area contributed by atoms with Crippen molar-refractivity contribution in [2.45, 2.75) is 13.8 Å². The van der Waals surface area contributed by atoms with Crippen molar-refractivity contribution < 1.29 is 19.6 Å². The summed E-state index contributed by atoms with van der Waals surface area (Å²) in [6.07, 6.45) is 0. The number of nitro benzene ring substituents is 1. The third kappa shape index (κ3) is 2.72. The largest absolute Gasteiger partial charge is 0.481 e. The van der Waals surface area contributed by atoms with Crippen molar-refractivity contribution >= 4 is 17.6 Å². The maximum atomic E-state index is 12.5. The summed E-state index contributed by atoms with van der Waals surface area (Å²) in [6, 6.07) is 4.57. The zero-order chi connectivity index (χ0) is 15.7. The molecule has 0 aromatic heterocycles. The predicted molar refractivity (Wildman–Crippen MR) is 74.0 cm³/mol. The van der Waals surface area contributed by atoms with Crippen LogP contribution in [0.25, 0.3) is 0 Å². The molecule has 21 heavy (non-hydrogen) atoms. The fraction of sp³-hybridized carbons (Fsp3) is 0.429. The van der Waals surface area contributed by atoms with Crippen LogP contribution in [0.2, 0.25) is 0 Å². The number of aryl methyl sites for hydroxylation is 1. The van der Waals surface area contributed by atoms with Crippen LogP contribution in [0.5, 0.6) is 0 Å². The van der Waals surface area contributed by atoms with E-state index in [-0.39, 0.29) is 23.7 Å². The van der Waals surface area contributed by atoms with Crippen LogP contribution in [0.3, 0.4) is 0 Å². The van der Waals surface area contributed by atoms with Gasteiger partial charge in [-0.2, -0.15) is 0 Å². The Hall–Kier alpha value is -2.44. The molecule has 1 amide bonds. The summed E-state index contributed by atoms with van der Waals surface area (Å²) in [5.41, 5.74) is 0.208. The molecule has 0 aliphatic carbocycles. The van der Waals surface area contributed by atoms with Crippen LogP contribution in [0.4, 0.5) is 5.69 Å². The molecule has 7 nitrogen and oxygen atoms in total. The van der Waals surface area contributed by atoms with E-state index in [1.807, 2.05) is 0 Å². The third-order valence-corrected chi connectivity index (χ3v) is 3.87. The fourth-order valence-corrected chi connectivity index (χ4v) is 2.70. The van der Waals surface area contributed by atoms with Crippen molar-refractivity contribution in [1.82, 2.24) is 4.90 Å². The Balaban J connectivity index is 2.32. The van der Waals surface area contributed by atoms with E-state index in [0.29, 0.717) is 12.1 Å². The van der Waals surface area contributed by atoms with Gasteiger partial charge in [0.1, 0.15) is 5.56 Å². The van der Waals surface area contributed by atoms with Gasteiger partial charge < -0.3 is 10.0 Å². The van der Waals surface area contributed by atoms with E-state index in [2.05, 4.69) is 0 Å². The lowest BCUT2D eigenvalue weighted by Gasteiger charge is -2.16. The Morgan fingerprint density at radius 1 is 1.38 bits per heavy atom. The van der Waals surface area contributed by atoms with Crippen molar-refractivity contribution in [2.75, 3.05) is 13.1 Å².